The van der Waals surface area contributed by atoms with E-state index >= 15 is 0 Å². The largest absolute Gasteiger partial charge is 0.393 e. The second kappa shape index (κ2) is 7.12. The third-order valence-corrected chi connectivity index (χ3v) is 4.16. The van der Waals surface area contributed by atoms with Crippen LogP contribution in [0.1, 0.15) is 13.3 Å². The fourth-order valence-electron chi connectivity index (χ4n) is 1.92. The molecule has 0 fully saturated rings. The van der Waals surface area contributed by atoms with Crippen LogP contribution in [0.4, 0.5) is 10.2 Å². The van der Waals surface area contributed by atoms with Gasteiger partial charge in [-0.05, 0) is 19.6 Å². The number of thioether (sulfide) groups is 1. The Morgan fingerprint density at radius 2 is 1.95 bits per heavy atom. The molecule has 2 aromatic rings. The molecule has 0 saturated heterocycles. The van der Waals surface area contributed by atoms with E-state index in [2.05, 4.69) is 15.0 Å². The van der Waals surface area contributed by atoms with Gasteiger partial charge in [-0.2, -0.15) is 0 Å². The molecule has 1 N–H and O–H groups in total. The van der Waals surface area contributed by atoms with Gasteiger partial charge in [-0.3, -0.25) is 0 Å². The van der Waals surface area contributed by atoms with Crippen LogP contribution < -0.4 is 4.90 Å². The van der Waals surface area contributed by atoms with Crippen molar-refractivity contribution in [3.8, 4) is 0 Å². The number of hydrogen-bond acceptors (Lipinski definition) is 6. The van der Waals surface area contributed by atoms with Crippen LogP contribution >= 0.6 is 35.0 Å². The zero-order valence-electron chi connectivity index (χ0n) is 12.3. The molecule has 0 radical (unpaired) electrons. The van der Waals surface area contributed by atoms with Gasteiger partial charge in [0.15, 0.2) is 16.1 Å². The number of nitrogens with zero attached hydrogens (tertiary/aromatic N) is 4. The van der Waals surface area contributed by atoms with Crippen LogP contribution in [0.15, 0.2) is 5.16 Å². The molecule has 0 saturated carbocycles. The number of hydrogen-bond donors (Lipinski definition) is 1. The number of rotatable bonds is 5. The molecule has 22 heavy (non-hydrogen) atoms. The van der Waals surface area contributed by atoms with Crippen LogP contribution in [-0.4, -0.2) is 46.0 Å². The lowest BCUT2D eigenvalue weighted by molar-refractivity contribution is 0.187. The van der Waals surface area contributed by atoms with Gasteiger partial charge < -0.3 is 10.0 Å². The predicted octanol–water partition coefficient (Wildman–Crippen LogP) is 3.40. The molecule has 1 unspecified atom stereocenters. The van der Waals surface area contributed by atoms with E-state index in [1.54, 1.807) is 25.1 Å². The van der Waals surface area contributed by atoms with Crippen LogP contribution in [0.2, 0.25) is 10.3 Å². The lowest BCUT2D eigenvalue weighted by Crippen LogP contribution is -2.23. The van der Waals surface area contributed by atoms with Crippen LogP contribution in [0.25, 0.3) is 10.9 Å². The lowest BCUT2D eigenvalue weighted by Gasteiger charge is -2.21. The topological polar surface area (TPSA) is 62.1 Å². The molecule has 120 valence electrons. The molecule has 2 heterocycles. The highest BCUT2D eigenvalue weighted by atomic mass is 35.5. The molecule has 1 atom stereocenters. The average Bonchev–Trinajstić information content (AvgIpc) is 2.48. The first kappa shape index (κ1) is 17.5. The summed E-state index contributed by atoms with van der Waals surface area (Å²) in [4.78, 5) is 14.1. The number of aromatic nitrogens is 3. The lowest BCUT2D eigenvalue weighted by atomic mass is 10.2. The van der Waals surface area contributed by atoms with Crippen molar-refractivity contribution in [1.82, 2.24) is 15.0 Å². The van der Waals surface area contributed by atoms with Gasteiger partial charge in [-0.25, -0.2) is 19.3 Å². The summed E-state index contributed by atoms with van der Waals surface area (Å²) in [5.74, 6) is -0.257. The van der Waals surface area contributed by atoms with Crippen LogP contribution in [0, 0.1) is 5.82 Å². The normalized spacial score (nSPS) is 12.7. The fourth-order valence-corrected chi connectivity index (χ4v) is 2.76. The minimum atomic E-state index is -0.719. The Bertz CT molecular complexity index is 702. The number of anilines is 1. The van der Waals surface area contributed by atoms with Crippen molar-refractivity contribution in [2.75, 3.05) is 24.7 Å². The highest BCUT2D eigenvalue weighted by Crippen LogP contribution is 2.34. The van der Waals surface area contributed by atoms with Crippen LogP contribution in [0.5, 0.6) is 0 Å². The van der Waals surface area contributed by atoms with E-state index in [1.165, 1.54) is 11.8 Å². The molecule has 0 amide bonds. The zero-order chi connectivity index (χ0) is 16.4. The molecule has 0 aromatic carbocycles. The van der Waals surface area contributed by atoms with Crippen molar-refractivity contribution < 1.29 is 9.50 Å². The SMILES string of the molecule is CSc1nc(N(C)CCC(C)O)c2c(Cl)nc(Cl)c(F)c2n1. The zero-order valence-corrected chi connectivity index (χ0v) is 14.6. The van der Waals surface area contributed by atoms with Crippen molar-refractivity contribution in [3.63, 3.8) is 0 Å². The van der Waals surface area contributed by atoms with E-state index in [9.17, 15) is 9.50 Å². The van der Waals surface area contributed by atoms with E-state index in [0.717, 1.165) is 0 Å². The predicted molar refractivity (Wildman–Crippen MR) is 88.7 cm³/mol. The van der Waals surface area contributed by atoms with Crippen LogP contribution in [-0.2, 0) is 0 Å². The Labute approximate surface area is 141 Å². The van der Waals surface area contributed by atoms with Crippen LogP contribution in [0.3, 0.4) is 0 Å². The summed E-state index contributed by atoms with van der Waals surface area (Å²) in [6, 6.07) is 0. The van der Waals surface area contributed by atoms with Gasteiger partial charge in [0.2, 0.25) is 0 Å². The highest BCUT2D eigenvalue weighted by Gasteiger charge is 2.21. The summed E-state index contributed by atoms with van der Waals surface area (Å²) in [6.45, 7) is 2.23. The highest BCUT2D eigenvalue weighted by molar-refractivity contribution is 7.98. The molecule has 0 aliphatic rings. The van der Waals surface area contributed by atoms with Crippen molar-refractivity contribution in [2.45, 2.75) is 24.6 Å². The Morgan fingerprint density at radius 1 is 1.27 bits per heavy atom. The van der Waals surface area contributed by atoms with Gasteiger partial charge in [0, 0.05) is 13.6 Å². The molecular formula is C13H15Cl2FN4OS. The molecular weight excluding hydrogens is 350 g/mol. The minimum Gasteiger partial charge on any atom is -0.393 e. The second-order valence-electron chi connectivity index (χ2n) is 4.82. The molecule has 0 aliphatic carbocycles. The standard InChI is InChI=1S/C13H15Cl2FN4OS/c1-6(21)4-5-20(2)12-7-9(17-13(19-12)22-3)8(16)11(15)18-10(7)14/h6,21H,4-5H2,1-3H3. The number of aliphatic hydroxyl groups excluding tert-OH is 1. The first-order valence-corrected chi connectivity index (χ1v) is 8.48. The van der Waals surface area contributed by atoms with Gasteiger partial charge in [0.05, 0.1) is 11.5 Å². The number of aliphatic hydroxyl groups is 1. The fraction of sp³-hybridized carbons (Fsp3) is 0.462. The van der Waals surface area contributed by atoms with Crippen molar-refractivity contribution in [1.29, 1.82) is 0 Å². The summed E-state index contributed by atoms with van der Waals surface area (Å²) in [6.07, 6.45) is 1.89. The molecule has 5 nitrogen and oxygen atoms in total. The Kier molecular flexibility index (Phi) is 5.65. The number of halogens is 3. The van der Waals surface area contributed by atoms with Gasteiger partial charge in [0.25, 0.3) is 0 Å². The molecule has 0 aliphatic heterocycles. The average molecular weight is 365 g/mol. The third kappa shape index (κ3) is 3.53. The maximum Gasteiger partial charge on any atom is 0.189 e. The van der Waals surface area contributed by atoms with E-state index in [1.807, 2.05) is 0 Å². The summed E-state index contributed by atoms with van der Waals surface area (Å²) in [5.41, 5.74) is 0.0447. The Hall–Kier alpha value is -0.890. The molecule has 2 rings (SSSR count). The maximum absolute atomic E-state index is 14.2. The maximum atomic E-state index is 14.2. The van der Waals surface area contributed by atoms with E-state index in [-0.39, 0.29) is 15.8 Å². The van der Waals surface area contributed by atoms with E-state index in [0.29, 0.717) is 29.3 Å². The minimum absolute atomic E-state index is 0.0447. The van der Waals surface area contributed by atoms with Gasteiger partial charge in [-0.15, -0.1) is 0 Å². The second-order valence-corrected chi connectivity index (χ2v) is 6.31. The Morgan fingerprint density at radius 3 is 2.55 bits per heavy atom. The first-order valence-electron chi connectivity index (χ1n) is 6.50. The molecule has 9 heteroatoms. The number of fused-ring (bicyclic) bond motifs is 1. The summed E-state index contributed by atoms with van der Waals surface area (Å²) >= 11 is 13.1. The molecule has 0 bridgehead atoms. The molecule has 2 aromatic heterocycles. The summed E-state index contributed by atoms with van der Waals surface area (Å²) in [7, 11) is 1.79. The molecule has 0 spiro atoms. The summed E-state index contributed by atoms with van der Waals surface area (Å²) in [5, 5.41) is 9.87. The van der Waals surface area contributed by atoms with E-state index in [4.69, 9.17) is 23.2 Å². The third-order valence-electron chi connectivity index (χ3n) is 3.09. The van der Waals surface area contributed by atoms with Crippen molar-refractivity contribution >= 4 is 51.7 Å². The smallest absolute Gasteiger partial charge is 0.189 e. The summed E-state index contributed by atoms with van der Waals surface area (Å²) < 4.78 is 14.2. The van der Waals surface area contributed by atoms with Gasteiger partial charge in [-0.1, -0.05) is 35.0 Å². The Balaban J connectivity index is 2.63. The monoisotopic (exact) mass is 364 g/mol. The quantitative estimate of drug-likeness (QED) is 0.498. The van der Waals surface area contributed by atoms with E-state index < -0.39 is 11.9 Å². The van der Waals surface area contributed by atoms with Crippen molar-refractivity contribution in [3.05, 3.63) is 16.1 Å². The first-order chi connectivity index (χ1) is 10.3. The van der Waals surface area contributed by atoms with Gasteiger partial charge >= 0.3 is 0 Å². The number of pyridine rings is 1. The van der Waals surface area contributed by atoms with Crippen molar-refractivity contribution in [2.24, 2.45) is 0 Å². The van der Waals surface area contributed by atoms with Gasteiger partial charge in [0.1, 0.15) is 16.5 Å².